The van der Waals surface area contributed by atoms with E-state index in [1.54, 1.807) is 63.8 Å². The highest BCUT2D eigenvalue weighted by molar-refractivity contribution is 5.70. The van der Waals surface area contributed by atoms with E-state index in [4.69, 9.17) is 23.7 Å². The van der Waals surface area contributed by atoms with Crippen LogP contribution in [0, 0.1) is 11.8 Å². The van der Waals surface area contributed by atoms with Gasteiger partial charge in [-0.05, 0) is 96.5 Å². The molecule has 0 saturated heterocycles. The Kier molecular flexibility index (Phi) is 11.0. The Labute approximate surface area is 292 Å². The maximum atomic E-state index is 12.1. The molecule has 0 unspecified atom stereocenters. The standard InChI is InChI=1S/C40H46O10/c1-46-14-6-10-34-37(39(45)31-21-35(48-3)24(8-5-13-41)19-36(31)50-34)33-22-49-40-26(18-29(47-2)20-32(40)38(33)44)15-25-17-28(43)11-12-30(25)23-7-4-9-27(42)16-23/h4,7,9,11-12,16-21,33-34,37-39,41-45H,5-6,8,10,13-15,22H2,1-3H3/t33-,34+,37+,38+,39-/m0/s1. The Morgan fingerprint density at radius 1 is 0.800 bits per heavy atom. The zero-order chi connectivity index (χ0) is 35.4. The molecule has 0 radical (unpaired) electrons. The minimum Gasteiger partial charge on any atom is -0.508 e. The van der Waals surface area contributed by atoms with Crippen molar-refractivity contribution in [3.05, 3.63) is 94.5 Å². The molecule has 2 aliphatic heterocycles. The van der Waals surface area contributed by atoms with Crippen LogP contribution in [0.1, 0.15) is 59.3 Å². The molecule has 0 aromatic heterocycles. The molecule has 0 saturated carbocycles. The van der Waals surface area contributed by atoms with Crippen molar-refractivity contribution < 1.29 is 49.2 Å². The van der Waals surface area contributed by atoms with Gasteiger partial charge in [-0.15, -0.1) is 0 Å². The molecule has 0 amide bonds. The van der Waals surface area contributed by atoms with Gasteiger partial charge in [0.25, 0.3) is 0 Å². The van der Waals surface area contributed by atoms with Crippen LogP contribution in [0.2, 0.25) is 0 Å². The van der Waals surface area contributed by atoms with Crippen molar-refractivity contribution in [3.63, 3.8) is 0 Å². The molecule has 6 rings (SSSR count). The van der Waals surface area contributed by atoms with E-state index in [9.17, 15) is 25.5 Å². The van der Waals surface area contributed by atoms with Crippen LogP contribution in [0.15, 0.2) is 66.7 Å². The van der Waals surface area contributed by atoms with E-state index >= 15 is 0 Å². The molecule has 4 aromatic rings. The van der Waals surface area contributed by atoms with Crippen LogP contribution in [0.3, 0.4) is 0 Å². The number of hydrogen-bond acceptors (Lipinski definition) is 10. The Hall–Kier alpha value is -4.48. The molecule has 5 N–H and O–H groups in total. The van der Waals surface area contributed by atoms with Gasteiger partial charge < -0.3 is 49.2 Å². The van der Waals surface area contributed by atoms with Gasteiger partial charge in [-0.3, -0.25) is 0 Å². The second-order valence-corrected chi connectivity index (χ2v) is 13.0. The van der Waals surface area contributed by atoms with Crippen molar-refractivity contribution in [1.82, 2.24) is 0 Å². The van der Waals surface area contributed by atoms with E-state index in [0.29, 0.717) is 72.8 Å². The third-order valence-electron chi connectivity index (χ3n) is 9.91. The maximum Gasteiger partial charge on any atom is 0.128 e. The lowest BCUT2D eigenvalue weighted by Gasteiger charge is -2.45. The highest BCUT2D eigenvalue weighted by Gasteiger charge is 2.47. The Morgan fingerprint density at radius 2 is 1.62 bits per heavy atom. The van der Waals surface area contributed by atoms with Gasteiger partial charge in [0.05, 0.1) is 33.0 Å². The van der Waals surface area contributed by atoms with Crippen molar-refractivity contribution in [2.24, 2.45) is 11.8 Å². The molecule has 0 spiro atoms. The summed E-state index contributed by atoms with van der Waals surface area (Å²) in [6.07, 6.45) is 0.324. The van der Waals surface area contributed by atoms with Crippen LogP contribution < -0.4 is 18.9 Å². The number of rotatable bonds is 13. The van der Waals surface area contributed by atoms with Crippen LogP contribution in [0.5, 0.6) is 34.5 Å². The lowest BCUT2D eigenvalue weighted by Crippen LogP contribution is -2.46. The number of methoxy groups -OCH3 is 3. The van der Waals surface area contributed by atoms with Crippen LogP contribution >= 0.6 is 0 Å². The number of phenols is 2. The van der Waals surface area contributed by atoms with Gasteiger partial charge in [0.1, 0.15) is 40.6 Å². The van der Waals surface area contributed by atoms with Crippen LogP contribution in [0.25, 0.3) is 11.1 Å². The van der Waals surface area contributed by atoms with Gasteiger partial charge in [-0.25, -0.2) is 0 Å². The van der Waals surface area contributed by atoms with Crippen LogP contribution in [-0.4, -0.2) is 72.8 Å². The quantitative estimate of drug-likeness (QED) is 0.108. The van der Waals surface area contributed by atoms with E-state index in [2.05, 4.69) is 0 Å². The predicted octanol–water partition coefficient (Wildman–Crippen LogP) is 5.88. The van der Waals surface area contributed by atoms with Gasteiger partial charge in [0, 0.05) is 55.3 Å². The Morgan fingerprint density at radius 3 is 2.36 bits per heavy atom. The molecule has 10 heteroatoms. The molecular formula is C40H46O10. The summed E-state index contributed by atoms with van der Waals surface area (Å²) in [5.41, 5.74) is 5.18. The van der Waals surface area contributed by atoms with E-state index in [1.165, 1.54) is 0 Å². The Bertz CT molecular complexity index is 1790. The summed E-state index contributed by atoms with van der Waals surface area (Å²) >= 11 is 0. The topological polar surface area (TPSA) is 147 Å². The van der Waals surface area contributed by atoms with Gasteiger partial charge in [0.2, 0.25) is 0 Å². The summed E-state index contributed by atoms with van der Waals surface area (Å²) in [5.74, 6) is 1.39. The van der Waals surface area contributed by atoms with Gasteiger partial charge >= 0.3 is 0 Å². The highest BCUT2D eigenvalue weighted by Crippen LogP contribution is 2.52. The van der Waals surface area contributed by atoms with Gasteiger partial charge in [-0.1, -0.05) is 18.2 Å². The first-order valence-corrected chi connectivity index (χ1v) is 17.0. The minimum absolute atomic E-state index is 0.0472. The first-order chi connectivity index (χ1) is 24.3. The fraction of sp³-hybridized carbons (Fsp3) is 0.400. The summed E-state index contributed by atoms with van der Waals surface area (Å²) < 4.78 is 29.8. The SMILES string of the molecule is COCCC[C@H]1Oc2cc(CCCO)c(OC)cc2[C@H](O)[C@@H]1[C@@H]1COc2c(Cc3cc(O)ccc3-c3cccc(O)c3)cc(OC)cc2[C@H]1O. The number of phenolic OH excluding ortho intramolecular Hbond substituents is 2. The molecule has 2 aliphatic rings. The molecule has 50 heavy (non-hydrogen) atoms. The number of aliphatic hydroxyl groups excluding tert-OH is 3. The van der Waals surface area contributed by atoms with Gasteiger partial charge in [0.15, 0.2) is 0 Å². The zero-order valence-corrected chi connectivity index (χ0v) is 28.7. The number of aryl methyl sites for hydroxylation is 1. The lowest BCUT2D eigenvalue weighted by atomic mass is 9.72. The van der Waals surface area contributed by atoms with Gasteiger partial charge in [-0.2, -0.15) is 0 Å². The normalized spacial score (nSPS) is 21.0. The van der Waals surface area contributed by atoms with Crippen LogP contribution in [-0.2, 0) is 17.6 Å². The highest BCUT2D eigenvalue weighted by atomic mass is 16.5. The summed E-state index contributed by atoms with van der Waals surface area (Å²) in [6, 6.07) is 19.4. The summed E-state index contributed by atoms with van der Waals surface area (Å²) in [5, 5.41) is 54.2. The van der Waals surface area contributed by atoms with E-state index in [-0.39, 0.29) is 24.7 Å². The number of fused-ring (bicyclic) bond motifs is 2. The molecule has 2 heterocycles. The molecule has 266 valence electrons. The summed E-state index contributed by atoms with van der Waals surface area (Å²) in [6.45, 7) is 0.693. The molecule has 0 aliphatic carbocycles. The number of benzene rings is 4. The number of aliphatic hydroxyl groups is 3. The smallest absolute Gasteiger partial charge is 0.128 e. The molecule has 0 fully saturated rings. The maximum absolute atomic E-state index is 12.1. The molecule has 5 atom stereocenters. The Balaban J connectivity index is 1.36. The molecule has 0 bridgehead atoms. The second kappa shape index (κ2) is 15.6. The molecular weight excluding hydrogens is 640 g/mol. The van der Waals surface area contributed by atoms with Crippen molar-refractivity contribution in [2.45, 2.75) is 50.4 Å². The van der Waals surface area contributed by atoms with Crippen LogP contribution in [0.4, 0.5) is 0 Å². The number of aromatic hydroxyl groups is 2. The first-order valence-electron chi connectivity index (χ1n) is 17.0. The fourth-order valence-electron chi connectivity index (χ4n) is 7.49. The van der Waals surface area contributed by atoms with Crippen molar-refractivity contribution in [3.8, 4) is 45.6 Å². The first kappa shape index (κ1) is 35.3. The predicted molar refractivity (Wildman–Crippen MR) is 187 cm³/mol. The average Bonchev–Trinajstić information content (AvgIpc) is 3.11. The molecule has 4 aromatic carbocycles. The summed E-state index contributed by atoms with van der Waals surface area (Å²) in [4.78, 5) is 0. The number of ether oxygens (including phenoxy) is 5. The zero-order valence-electron chi connectivity index (χ0n) is 28.7. The number of hydrogen-bond donors (Lipinski definition) is 5. The fourth-order valence-corrected chi connectivity index (χ4v) is 7.49. The second-order valence-electron chi connectivity index (χ2n) is 13.0. The van der Waals surface area contributed by atoms with Crippen molar-refractivity contribution in [2.75, 3.05) is 41.2 Å². The summed E-state index contributed by atoms with van der Waals surface area (Å²) in [7, 11) is 4.79. The third kappa shape index (κ3) is 7.20. The average molecular weight is 687 g/mol. The molecule has 10 nitrogen and oxygen atoms in total. The van der Waals surface area contributed by atoms with Crippen molar-refractivity contribution >= 4 is 0 Å². The third-order valence-corrected chi connectivity index (χ3v) is 9.91. The largest absolute Gasteiger partial charge is 0.508 e. The van der Waals surface area contributed by atoms with E-state index in [1.807, 2.05) is 24.3 Å². The van der Waals surface area contributed by atoms with E-state index in [0.717, 1.165) is 27.8 Å². The minimum atomic E-state index is -1.03. The van der Waals surface area contributed by atoms with E-state index < -0.39 is 30.1 Å². The monoisotopic (exact) mass is 686 g/mol. The van der Waals surface area contributed by atoms with Crippen molar-refractivity contribution in [1.29, 1.82) is 0 Å². The lowest BCUT2D eigenvalue weighted by molar-refractivity contribution is -0.0889.